The average molecular weight is 437 g/mol. The summed E-state index contributed by atoms with van der Waals surface area (Å²) in [6, 6.07) is 13.5. The van der Waals surface area contributed by atoms with E-state index < -0.39 is 6.09 Å². The molecule has 1 fully saturated rings. The first kappa shape index (κ1) is 21.8. The van der Waals surface area contributed by atoms with E-state index in [1.165, 1.54) is 6.92 Å². The molecule has 2 atom stereocenters. The van der Waals surface area contributed by atoms with Crippen molar-refractivity contribution in [3.63, 3.8) is 0 Å². The minimum Gasteiger partial charge on any atom is -0.465 e. The summed E-state index contributed by atoms with van der Waals surface area (Å²) < 4.78 is 0. The van der Waals surface area contributed by atoms with Crippen molar-refractivity contribution < 1.29 is 19.5 Å². The summed E-state index contributed by atoms with van der Waals surface area (Å²) in [7, 11) is 0. The van der Waals surface area contributed by atoms with E-state index in [-0.39, 0.29) is 23.9 Å². The molecule has 0 aromatic heterocycles. The number of hydrogen-bond acceptors (Lipinski definition) is 4. The minimum atomic E-state index is -1.08. The van der Waals surface area contributed by atoms with Crippen molar-refractivity contribution in [2.45, 2.75) is 38.9 Å². The molecule has 0 unspecified atom stereocenters. The first-order valence-corrected chi connectivity index (χ1v) is 10.8. The zero-order chi connectivity index (χ0) is 22.8. The molecule has 8 nitrogen and oxygen atoms in total. The maximum atomic E-state index is 12.2. The summed E-state index contributed by atoms with van der Waals surface area (Å²) in [6.07, 6.45) is -0.560. The second-order valence-corrected chi connectivity index (χ2v) is 8.51. The van der Waals surface area contributed by atoms with Crippen LogP contribution in [0.5, 0.6) is 0 Å². The smallest absolute Gasteiger partial charge is 0.405 e. The van der Waals surface area contributed by atoms with Gasteiger partial charge in [-0.2, -0.15) is 0 Å². The van der Waals surface area contributed by atoms with Crippen molar-refractivity contribution in [1.29, 1.82) is 0 Å². The number of piperazine rings is 1. The van der Waals surface area contributed by atoms with Gasteiger partial charge in [0.2, 0.25) is 11.8 Å². The SMILES string of the molecule is CC(=O)N1c2ccc(-c3ccc(CN4CCNC(=O)C4)cc3)cc2[C@H](NC(=O)O)C[C@@H]1C. The lowest BCUT2D eigenvalue weighted by molar-refractivity contribution is -0.124. The molecule has 1 saturated heterocycles. The molecule has 2 aliphatic heterocycles. The van der Waals surface area contributed by atoms with Crippen LogP contribution in [0.4, 0.5) is 10.5 Å². The van der Waals surface area contributed by atoms with Gasteiger partial charge in [-0.15, -0.1) is 0 Å². The Labute approximate surface area is 187 Å². The molecule has 168 valence electrons. The zero-order valence-electron chi connectivity index (χ0n) is 18.3. The van der Waals surface area contributed by atoms with Crippen molar-refractivity contribution in [3.05, 3.63) is 53.6 Å². The van der Waals surface area contributed by atoms with Gasteiger partial charge in [-0.25, -0.2) is 4.79 Å². The first-order valence-electron chi connectivity index (χ1n) is 10.8. The Balaban J connectivity index is 1.60. The summed E-state index contributed by atoms with van der Waals surface area (Å²) >= 11 is 0. The third-order valence-electron chi connectivity index (χ3n) is 6.13. The number of fused-ring (bicyclic) bond motifs is 1. The lowest BCUT2D eigenvalue weighted by Gasteiger charge is -2.39. The fourth-order valence-electron chi connectivity index (χ4n) is 4.70. The molecule has 0 bridgehead atoms. The summed E-state index contributed by atoms with van der Waals surface area (Å²) in [6.45, 7) is 6.10. The van der Waals surface area contributed by atoms with Crippen molar-refractivity contribution in [2.24, 2.45) is 0 Å². The minimum absolute atomic E-state index is 0.0559. The lowest BCUT2D eigenvalue weighted by atomic mass is 9.89. The average Bonchev–Trinajstić information content (AvgIpc) is 2.73. The highest BCUT2D eigenvalue weighted by atomic mass is 16.4. The van der Waals surface area contributed by atoms with Crippen LogP contribution in [0, 0.1) is 0 Å². The molecule has 2 aromatic rings. The van der Waals surface area contributed by atoms with E-state index in [1.54, 1.807) is 4.90 Å². The van der Waals surface area contributed by atoms with Gasteiger partial charge in [-0.3, -0.25) is 14.5 Å². The molecule has 3 N–H and O–H groups in total. The van der Waals surface area contributed by atoms with E-state index in [1.807, 2.05) is 37.3 Å². The van der Waals surface area contributed by atoms with Crippen LogP contribution in [0.2, 0.25) is 0 Å². The van der Waals surface area contributed by atoms with E-state index in [9.17, 15) is 19.5 Å². The standard InChI is InChI=1S/C24H28N4O4/c1-15-11-21(26-24(31)32)20-12-19(7-8-22(20)28(15)16(2)29)18-5-3-17(4-6-18)13-27-10-9-25-23(30)14-27/h3-8,12,15,21,26H,9-11,13-14H2,1-2H3,(H,25,30)(H,31,32)/t15-,21+/m0/s1. The Morgan fingerprint density at radius 2 is 1.88 bits per heavy atom. The maximum Gasteiger partial charge on any atom is 0.405 e. The molecule has 0 radical (unpaired) electrons. The zero-order valence-corrected chi connectivity index (χ0v) is 18.3. The van der Waals surface area contributed by atoms with Gasteiger partial charge in [0.25, 0.3) is 0 Å². The van der Waals surface area contributed by atoms with Gasteiger partial charge in [0, 0.05) is 38.3 Å². The van der Waals surface area contributed by atoms with Crippen LogP contribution >= 0.6 is 0 Å². The highest BCUT2D eigenvalue weighted by molar-refractivity contribution is 5.94. The predicted octanol–water partition coefficient (Wildman–Crippen LogP) is 2.74. The lowest BCUT2D eigenvalue weighted by Crippen LogP contribution is -2.47. The Morgan fingerprint density at radius 3 is 2.53 bits per heavy atom. The molecule has 8 heteroatoms. The van der Waals surface area contributed by atoms with Crippen molar-refractivity contribution in [2.75, 3.05) is 24.5 Å². The predicted molar refractivity (Wildman–Crippen MR) is 121 cm³/mol. The van der Waals surface area contributed by atoms with Crippen LogP contribution in [0.25, 0.3) is 11.1 Å². The molecule has 2 aromatic carbocycles. The quantitative estimate of drug-likeness (QED) is 0.684. The molecule has 0 spiro atoms. The fourth-order valence-corrected chi connectivity index (χ4v) is 4.70. The van der Waals surface area contributed by atoms with Gasteiger partial charge in [0.05, 0.1) is 12.6 Å². The number of carbonyl (C=O) groups excluding carboxylic acids is 2. The van der Waals surface area contributed by atoms with E-state index in [2.05, 4.69) is 27.7 Å². The highest BCUT2D eigenvalue weighted by Crippen LogP contribution is 2.39. The monoisotopic (exact) mass is 436 g/mol. The topological polar surface area (TPSA) is 102 Å². The number of amides is 3. The van der Waals surface area contributed by atoms with Crippen LogP contribution in [0.15, 0.2) is 42.5 Å². The van der Waals surface area contributed by atoms with Crippen LogP contribution in [0.3, 0.4) is 0 Å². The summed E-state index contributed by atoms with van der Waals surface area (Å²) in [5.41, 5.74) is 4.65. The second kappa shape index (κ2) is 9.00. The van der Waals surface area contributed by atoms with Gasteiger partial charge >= 0.3 is 6.09 Å². The molecule has 32 heavy (non-hydrogen) atoms. The largest absolute Gasteiger partial charge is 0.465 e. The molecule has 2 aliphatic rings. The Bertz CT molecular complexity index is 1040. The number of nitrogens with one attached hydrogen (secondary N) is 2. The van der Waals surface area contributed by atoms with Crippen molar-refractivity contribution >= 4 is 23.6 Å². The third-order valence-corrected chi connectivity index (χ3v) is 6.13. The van der Waals surface area contributed by atoms with E-state index in [0.29, 0.717) is 26.1 Å². The Kier molecular flexibility index (Phi) is 6.14. The van der Waals surface area contributed by atoms with Gasteiger partial charge in [-0.1, -0.05) is 30.3 Å². The summed E-state index contributed by atoms with van der Waals surface area (Å²) in [5, 5.41) is 14.7. The third kappa shape index (κ3) is 4.60. The van der Waals surface area contributed by atoms with Gasteiger partial charge < -0.3 is 20.6 Å². The first-order chi connectivity index (χ1) is 15.3. The van der Waals surface area contributed by atoms with Crippen LogP contribution in [-0.4, -0.2) is 53.6 Å². The van der Waals surface area contributed by atoms with Crippen molar-refractivity contribution in [1.82, 2.24) is 15.5 Å². The molecular formula is C24H28N4O4. The van der Waals surface area contributed by atoms with Crippen LogP contribution < -0.4 is 15.5 Å². The number of carboxylic acid groups (broad SMARTS) is 1. The molecular weight excluding hydrogens is 408 g/mol. The molecule has 3 amide bonds. The number of carbonyl (C=O) groups is 3. The van der Waals surface area contributed by atoms with Gasteiger partial charge in [0.1, 0.15) is 0 Å². The van der Waals surface area contributed by atoms with E-state index in [4.69, 9.17) is 0 Å². The summed E-state index contributed by atoms with van der Waals surface area (Å²) in [4.78, 5) is 39.0. The molecule has 4 rings (SSSR count). The van der Waals surface area contributed by atoms with Gasteiger partial charge in [0.15, 0.2) is 0 Å². The second-order valence-electron chi connectivity index (χ2n) is 8.51. The van der Waals surface area contributed by atoms with Gasteiger partial charge in [-0.05, 0) is 47.7 Å². The number of anilines is 1. The summed E-state index contributed by atoms with van der Waals surface area (Å²) in [5.74, 6) is -0.00333. The van der Waals surface area contributed by atoms with Crippen LogP contribution in [0.1, 0.15) is 37.4 Å². The van der Waals surface area contributed by atoms with Crippen molar-refractivity contribution in [3.8, 4) is 11.1 Å². The Hall–Kier alpha value is -3.39. The molecule has 0 aliphatic carbocycles. The maximum absolute atomic E-state index is 12.2. The fraction of sp³-hybridized carbons (Fsp3) is 0.375. The highest BCUT2D eigenvalue weighted by Gasteiger charge is 2.33. The van der Waals surface area contributed by atoms with E-state index >= 15 is 0 Å². The molecule has 0 saturated carbocycles. The number of benzene rings is 2. The number of hydrogen-bond donors (Lipinski definition) is 3. The van der Waals surface area contributed by atoms with E-state index in [0.717, 1.165) is 34.5 Å². The number of nitrogens with zero attached hydrogens (tertiary/aromatic N) is 2. The normalized spacial score (nSPS) is 20.9. The van der Waals surface area contributed by atoms with Crippen LogP contribution in [-0.2, 0) is 16.1 Å². The molecule has 2 heterocycles. The number of rotatable bonds is 4. The Morgan fingerprint density at radius 1 is 1.16 bits per heavy atom.